The fourth-order valence-corrected chi connectivity index (χ4v) is 5.14. The Morgan fingerprint density at radius 3 is 2.46 bits per heavy atom. The van der Waals surface area contributed by atoms with Gasteiger partial charge in [0.15, 0.2) is 9.84 Å². The van der Waals surface area contributed by atoms with Crippen molar-refractivity contribution in [3.63, 3.8) is 0 Å². The Balaban J connectivity index is 1.55. The maximum absolute atomic E-state index is 12.7. The van der Waals surface area contributed by atoms with Gasteiger partial charge in [-0.2, -0.15) is 0 Å². The van der Waals surface area contributed by atoms with Gasteiger partial charge < -0.3 is 4.42 Å². The van der Waals surface area contributed by atoms with Gasteiger partial charge in [-0.1, -0.05) is 6.07 Å². The van der Waals surface area contributed by atoms with Crippen LogP contribution in [0.4, 0.5) is 0 Å². The number of hydrogen-bond acceptors (Lipinski definition) is 4. The van der Waals surface area contributed by atoms with Crippen LogP contribution in [0.25, 0.3) is 11.0 Å². The van der Waals surface area contributed by atoms with Gasteiger partial charge >= 0.3 is 0 Å². The van der Waals surface area contributed by atoms with Crippen molar-refractivity contribution in [3.05, 3.63) is 36.1 Å². The van der Waals surface area contributed by atoms with Gasteiger partial charge in [-0.25, -0.2) is 8.42 Å². The minimum absolute atomic E-state index is 0.0589. The van der Waals surface area contributed by atoms with Crippen LogP contribution in [0, 0.1) is 11.8 Å². The van der Waals surface area contributed by atoms with Crippen LogP contribution in [0.3, 0.4) is 0 Å². The first-order chi connectivity index (χ1) is 12.2. The fraction of sp³-hybridized carbons (Fsp3) is 0.571. The van der Waals surface area contributed by atoms with Gasteiger partial charge in [0.1, 0.15) is 11.4 Å². The van der Waals surface area contributed by atoms with Gasteiger partial charge in [0.25, 0.3) is 0 Å². The van der Waals surface area contributed by atoms with E-state index in [0.717, 1.165) is 42.2 Å². The van der Waals surface area contributed by atoms with E-state index in [-0.39, 0.29) is 23.4 Å². The molecule has 1 aromatic carbocycles. The van der Waals surface area contributed by atoms with Crippen LogP contribution < -0.4 is 0 Å². The topological polar surface area (TPSA) is 64.3 Å². The molecule has 3 rings (SSSR count). The summed E-state index contributed by atoms with van der Waals surface area (Å²) in [6.45, 7) is 5.27. The Hall–Kier alpha value is -1.62. The smallest absolute Gasteiger partial charge is 0.155 e. The minimum Gasteiger partial charge on any atom is -0.464 e. The number of carbonyl (C=O) groups is 1. The maximum atomic E-state index is 12.7. The number of hydrogen-bond donors (Lipinski definition) is 0. The van der Waals surface area contributed by atoms with Crippen molar-refractivity contribution in [3.8, 4) is 0 Å². The third-order valence-electron chi connectivity index (χ3n) is 5.59. The lowest BCUT2D eigenvalue weighted by atomic mass is 9.79. The largest absolute Gasteiger partial charge is 0.464 e. The third-order valence-corrected chi connectivity index (χ3v) is 8.36. The second kappa shape index (κ2) is 7.18. The predicted octanol–water partition coefficient (Wildman–Crippen LogP) is 4.56. The molecule has 0 saturated heterocycles. The number of furan rings is 1. The van der Waals surface area contributed by atoms with Crippen molar-refractivity contribution in [2.75, 3.05) is 5.75 Å². The zero-order valence-corrected chi connectivity index (χ0v) is 16.6. The zero-order valence-electron chi connectivity index (χ0n) is 15.8. The first-order valence-electron chi connectivity index (χ1n) is 9.37. The quantitative estimate of drug-likeness (QED) is 0.767. The molecule has 0 bridgehead atoms. The molecule has 1 heterocycles. The maximum Gasteiger partial charge on any atom is 0.155 e. The molecule has 0 radical (unpaired) electrons. The first kappa shape index (κ1) is 19.2. The number of carbonyl (C=O) groups excluding carboxylic acids is 1. The zero-order chi connectivity index (χ0) is 18.9. The number of rotatable bonds is 5. The number of benzene rings is 1. The molecule has 0 unspecified atom stereocenters. The van der Waals surface area contributed by atoms with E-state index in [4.69, 9.17) is 4.42 Å². The molecule has 1 aliphatic rings. The SMILES string of the molecule is CC(C)(C)S(=O)(=O)CC1CCC(C(=O)Cc2ccc3occc3c2)CC1. The molecule has 0 amide bonds. The average molecular weight is 377 g/mol. The summed E-state index contributed by atoms with van der Waals surface area (Å²) in [7, 11) is -3.09. The van der Waals surface area contributed by atoms with Gasteiger partial charge in [0, 0.05) is 17.7 Å². The number of sulfone groups is 1. The van der Waals surface area contributed by atoms with E-state index < -0.39 is 14.6 Å². The van der Waals surface area contributed by atoms with E-state index in [0.29, 0.717) is 6.42 Å². The number of Topliss-reactive ketones (excluding diaryl/α,β-unsaturated/α-hetero) is 1. The summed E-state index contributed by atoms with van der Waals surface area (Å²) >= 11 is 0. The Kier molecular flexibility index (Phi) is 5.29. The third kappa shape index (κ3) is 4.20. The molecule has 0 N–H and O–H groups in total. The van der Waals surface area contributed by atoms with E-state index in [2.05, 4.69) is 0 Å². The van der Waals surface area contributed by atoms with Crippen molar-refractivity contribution < 1.29 is 17.6 Å². The molecule has 142 valence electrons. The monoisotopic (exact) mass is 376 g/mol. The lowest BCUT2D eigenvalue weighted by molar-refractivity contribution is -0.123. The molecule has 0 spiro atoms. The molecule has 1 aliphatic carbocycles. The van der Waals surface area contributed by atoms with E-state index in [1.807, 2.05) is 24.3 Å². The molecule has 5 heteroatoms. The van der Waals surface area contributed by atoms with Gasteiger partial charge in [-0.05, 0) is 76.1 Å². The van der Waals surface area contributed by atoms with Crippen molar-refractivity contribution in [1.29, 1.82) is 0 Å². The highest BCUT2D eigenvalue weighted by Gasteiger charge is 2.34. The Bertz CT molecular complexity index is 878. The summed E-state index contributed by atoms with van der Waals surface area (Å²) in [6, 6.07) is 7.78. The van der Waals surface area contributed by atoms with E-state index in [1.165, 1.54) is 0 Å². The fourth-order valence-electron chi connectivity index (χ4n) is 3.68. The molecule has 2 aromatic rings. The molecule has 1 saturated carbocycles. The average Bonchev–Trinajstić information content (AvgIpc) is 3.01. The summed E-state index contributed by atoms with van der Waals surface area (Å²) in [5.41, 5.74) is 1.85. The second-order valence-corrected chi connectivity index (χ2v) is 11.3. The second-order valence-electron chi connectivity index (χ2n) is 8.55. The van der Waals surface area contributed by atoms with Gasteiger partial charge in [-0.15, -0.1) is 0 Å². The van der Waals surface area contributed by atoms with E-state index in [9.17, 15) is 13.2 Å². The Morgan fingerprint density at radius 1 is 1.12 bits per heavy atom. The molecule has 1 fully saturated rings. The summed E-state index contributed by atoms with van der Waals surface area (Å²) in [5.74, 6) is 0.758. The van der Waals surface area contributed by atoms with E-state index in [1.54, 1.807) is 27.0 Å². The molecular formula is C21H28O4S. The van der Waals surface area contributed by atoms with Gasteiger partial charge in [-0.3, -0.25) is 4.79 Å². The molecular weight excluding hydrogens is 348 g/mol. The van der Waals surface area contributed by atoms with Crippen LogP contribution in [0.15, 0.2) is 34.9 Å². The normalized spacial score (nSPS) is 21.8. The Labute approximate surface area is 155 Å². The van der Waals surface area contributed by atoms with Crippen LogP contribution in [0.5, 0.6) is 0 Å². The van der Waals surface area contributed by atoms with Crippen molar-refractivity contribution in [1.82, 2.24) is 0 Å². The summed E-state index contributed by atoms with van der Waals surface area (Å²) in [4.78, 5) is 12.7. The summed E-state index contributed by atoms with van der Waals surface area (Å²) in [5, 5.41) is 1.02. The molecule has 0 aliphatic heterocycles. The standard InChI is InChI=1S/C21H28O4S/c1-21(2,3)26(23,24)14-15-4-7-17(8-5-15)19(22)13-16-6-9-20-18(12-16)10-11-25-20/h6,9-12,15,17H,4-5,7-8,13-14H2,1-3H3. The number of ketones is 1. The summed E-state index contributed by atoms with van der Waals surface area (Å²) in [6.07, 6.45) is 5.35. The van der Waals surface area contributed by atoms with Crippen LogP contribution in [-0.4, -0.2) is 24.7 Å². The minimum atomic E-state index is -3.09. The van der Waals surface area contributed by atoms with Gasteiger partial charge in [0.2, 0.25) is 0 Å². The highest BCUT2D eigenvalue weighted by atomic mass is 32.2. The van der Waals surface area contributed by atoms with Crippen LogP contribution in [0.1, 0.15) is 52.0 Å². The van der Waals surface area contributed by atoms with E-state index >= 15 is 0 Å². The summed E-state index contributed by atoms with van der Waals surface area (Å²) < 4.78 is 29.4. The molecule has 4 nitrogen and oxygen atoms in total. The van der Waals surface area contributed by atoms with Crippen LogP contribution in [0.2, 0.25) is 0 Å². The van der Waals surface area contributed by atoms with Crippen molar-refractivity contribution in [2.45, 2.75) is 57.6 Å². The predicted molar refractivity (Wildman–Crippen MR) is 104 cm³/mol. The van der Waals surface area contributed by atoms with Crippen molar-refractivity contribution >= 4 is 26.6 Å². The highest BCUT2D eigenvalue weighted by molar-refractivity contribution is 7.92. The van der Waals surface area contributed by atoms with Crippen LogP contribution in [-0.2, 0) is 21.1 Å². The van der Waals surface area contributed by atoms with Gasteiger partial charge in [0.05, 0.1) is 16.8 Å². The van der Waals surface area contributed by atoms with Crippen molar-refractivity contribution in [2.24, 2.45) is 11.8 Å². The molecule has 1 aromatic heterocycles. The lowest BCUT2D eigenvalue weighted by Gasteiger charge is -2.30. The molecule has 0 atom stereocenters. The molecule has 26 heavy (non-hydrogen) atoms. The lowest BCUT2D eigenvalue weighted by Crippen LogP contribution is -2.35. The Morgan fingerprint density at radius 2 is 1.81 bits per heavy atom. The number of fused-ring (bicyclic) bond motifs is 1. The van der Waals surface area contributed by atoms with Crippen LogP contribution >= 0.6 is 0 Å². The highest BCUT2D eigenvalue weighted by Crippen LogP contribution is 2.33. The first-order valence-corrected chi connectivity index (χ1v) is 11.0.